The third kappa shape index (κ3) is 3.45. The number of Topliss-reactive ketones (excluding diaryl/α,β-unsaturated/α-hetero) is 1. The molecule has 0 aliphatic heterocycles. The van der Waals surface area contributed by atoms with Crippen molar-refractivity contribution in [2.75, 3.05) is 6.26 Å². The second-order valence-electron chi connectivity index (χ2n) is 1.88. The molecule has 0 saturated carbocycles. The fourth-order valence-corrected chi connectivity index (χ4v) is 1.06. The standard InChI is InChI=1S/C7H10O2S/c1-5(8)4-7(10-3)6(2)9/h4H,1-3H3/b7-4-. The summed E-state index contributed by atoms with van der Waals surface area (Å²) in [5.74, 6) is -0.137. The minimum Gasteiger partial charge on any atom is -0.295 e. The third-order valence-electron chi connectivity index (χ3n) is 0.901. The van der Waals surface area contributed by atoms with Gasteiger partial charge in [-0.15, -0.1) is 11.8 Å². The predicted molar refractivity (Wildman–Crippen MR) is 43.0 cm³/mol. The first-order valence-electron chi connectivity index (χ1n) is 2.85. The maximum Gasteiger partial charge on any atom is 0.166 e. The average Bonchev–Trinajstić information content (AvgIpc) is 1.81. The Morgan fingerprint density at radius 3 is 1.90 bits per heavy atom. The first kappa shape index (κ1) is 9.43. The van der Waals surface area contributed by atoms with Gasteiger partial charge in [0.25, 0.3) is 0 Å². The second kappa shape index (κ2) is 4.28. The largest absolute Gasteiger partial charge is 0.295 e. The van der Waals surface area contributed by atoms with E-state index in [2.05, 4.69) is 0 Å². The minimum atomic E-state index is -0.0837. The van der Waals surface area contributed by atoms with E-state index >= 15 is 0 Å². The number of rotatable bonds is 3. The van der Waals surface area contributed by atoms with Crippen molar-refractivity contribution in [2.24, 2.45) is 0 Å². The van der Waals surface area contributed by atoms with Crippen molar-refractivity contribution in [3.05, 3.63) is 11.0 Å². The normalized spacial score (nSPS) is 11.3. The Hall–Kier alpha value is -0.570. The number of allylic oxidation sites excluding steroid dienone is 2. The van der Waals surface area contributed by atoms with Crippen molar-refractivity contribution in [3.63, 3.8) is 0 Å². The summed E-state index contributed by atoms with van der Waals surface area (Å²) in [6.07, 6.45) is 3.13. The van der Waals surface area contributed by atoms with Gasteiger partial charge in [-0.05, 0) is 26.2 Å². The zero-order chi connectivity index (χ0) is 8.15. The molecular weight excluding hydrogens is 148 g/mol. The fraction of sp³-hybridized carbons (Fsp3) is 0.429. The molecule has 0 fully saturated rings. The van der Waals surface area contributed by atoms with E-state index in [0.29, 0.717) is 4.91 Å². The van der Waals surface area contributed by atoms with Crippen LogP contribution in [-0.4, -0.2) is 17.8 Å². The molecular formula is C7H10O2S. The number of carbonyl (C=O) groups is 2. The van der Waals surface area contributed by atoms with E-state index < -0.39 is 0 Å². The molecule has 0 spiro atoms. The van der Waals surface area contributed by atoms with Crippen LogP contribution < -0.4 is 0 Å². The second-order valence-corrected chi connectivity index (χ2v) is 2.73. The van der Waals surface area contributed by atoms with E-state index in [1.807, 2.05) is 0 Å². The lowest BCUT2D eigenvalue weighted by atomic mass is 10.3. The van der Waals surface area contributed by atoms with Gasteiger partial charge in [-0.25, -0.2) is 0 Å². The predicted octanol–water partition coefficient (Wildman–Crippen LogP) is 1.41. The molecule has 0 amide bonds. The van der Waals surface area contributed by atoms with Crippen molar-refractivity contribution in [1.29, 1.82) is 0 Å². The zero-order valence-corrected chi connectivity index (χ0v) is 7.12. The Bertz CT molecular complexity index is 182. The summed E-state index contributed by atoms with van der Waals surface area (Å²) in [6, 6.07) is 0. The van der Waals surface area contributed by atoms with Gasteiger partial charge in [-0.2, -0.15) is 0 Å². The summed E-state index contributed by atoms with van der Waals surface area (Å²) < 4.78 is 0. The lowest BCUT2D eigenvalue weighted by Crippen LogP contribution is -1.94. The summed E-state index contributed by atoms with van der Waals surface area (Å²) in [7, 11) is 0. The monoisotopic (exact) mass is 158 g/mol. The van der Waals surface area contributed by atoms with Gasteiger partial charge in [0, 0.05) is 0 Å². The quantitative estimate of drug-likeness (QED) is 0.582. The van der Waals surface area contributed by atoms with Gasteiger partial charge in [0.05, 0.1) is 4.91 Å². The van der Waals surface area contributed by atoms with Crippen LogP contribution in [0.5, 0.6) is 0 Å². The Morgan fingerprint density at radius 2 is 1.80 bits per heavy atom. The van der Waals surface area contributed by atoms with Gasteiger partial charge in [-0.3, -0.25) is 9.59 Å². The van der Waals surface area contributed by atoms with Crippen LogP contribution in [0.15, 0.2) is 11.0 Å². The maximum absolute atomic E-state index is 10.7. The first-order chi connectivity index (χ1) is 4.57. The van der Waals surface area contributed by atoms with Gasteiger partial charge in [-0.1, -0.05) is 0 Å². The number of carbonyl (C=O) groups excluding carboxylic acids is 2. The van der Waals surface area contributed by atoms with Crippen LogP contribution in [0.4, 0.5) is 0 Å². The van der Waals surface area contributed by atoms with Crippen LogP contribution in [-0.2, 0) is 9.59 Å². The van der Waals surface area contributed by atoms with Gasteiger partial charge < -0.3 is 0 Å². The van der Waals surface area contributed by atoms with Crippen LogP contribution in [0.3, 0.4) is 0 Å². The third-order valence-corrected chi connectivity index (χ3v) is 1.75. The number of ketones is 2. The molecule has 0 radical (unpaired) electrons. The van der Waals surface area contributed by atoms with E-state index in [0.717, 1.165) is 0 Å². The van der Waals surface area contributed by atoms with E-state index in [-0.39, 0.29) is 11.6 Å². The molecule has 0 aliphatic rings. The summed E-state index contributed by atoms with van der Waals surface area (Å²) >= 11 is 1.30. The Kier molecular flexibility index (Phi) is 4.03. The summed E-state index contributed by atoms with van der Waals surface area (Å²) in [4.78, 5) is 21.7. The van der Waals surface area contributed by atoms with Crippen LogP contribution >= 0.6 is 11.8 Å². The lowest BCUT2D eigenvalue weighted by Gasteiger charge is -1.94. The average molecular weight is 158 g/mol. The summed E-state index contributed by atoms with van der Waals surface area (Å²) in [5, 5.41) is 0. The summed E-state index contributed by atoms with van der Waals surface area (Å²) in [5.41, 5.74) is 0. The highest BCUT2D eigenvalue weighted by molar-refractivity contribution is 8.03. The molecule has 0 N–H and O–H groups in total. The molecule has 0 aromatic rings. The minimum absolute atomic E-state index is 0.0531. The molecule has 0 unspecified atom stereocenters. The highest BCUT2D eigenvalue weighted by Gasteiger charge is 2.01. The van der Waals surface area contributed by atoms with E-state index in [4.69, 9.17) is 0 Å². The first-order valence-corrected chi connectivity index (χ1v) is 4.07. The highest BCUT2D eigenvalue weighted by Crippen LogP contribution is 2.11. The molecule has 0 aromatic heterocycles. The molecule has 3 heteroatoms. The SMILES string of the molecule is CS/C(=C\C(C)=O)C(C)=O. The van der Waals surface area contributed by atoms with Crippen LogP contribution in [0.2, 0.25) is 0 Å². The smallest absolute Gasteiger partial charge is 0.166 e. The number of hydrogen-bond acceptors (Lipinski definition) is 3. The summed E-state index contributed by atoms with van der Waals surface area (Å²) in [6.45, 7) is 2.88. The molecule has 0 bridgehead atoms. The van der Waals surface area contributed by atoms with E-state index in [1.165, 1.54) is 31.7 Å². The maximum atomic E-state index is 10.7. The highest BCUT2D eigenvalue weighted by atomic mass is 32.2. The molecule has 2 nitrogen and oxygen atoms in total. The van der Waals surface area contributed by atoms with Crippen LogP contribution in [0.1, 0.15) is 13.8 Å². The number of hydrogen-bond donors (Lipinski definition) is 0. The van der Waals surface area contributed by atoms with Crippen LogP contribution in [0, 0.1) is 0 Å². The van der Waals surface area contributed by atoms with Crippen molar-refractivity contribution in [2.45, 2.75) is 13.8 Å². The molecule has 0 aliphatic carbocycles. The Labute approximate surface area is 64.7 Å². The zero-order valence-electron chi connectivity index (χ0n) is 6.30. The molecule has 56 valence electrons. The fourth-order valence-electron chi connectivity index (χ4n) is 0.489. The van der Waals surface area contributed by atoms with Gasteiger partial charge in [0.1, 0.15) is 0 Å². The molecule has 0 rings (SSSR count). The van der Waals surface area contributed by atoms with Crippen molar-refractivity contribution in [3.8, 4) is 0 Å². The van der Waals surface area contributed by atoms with E-state index in [1.54, 1.807) is 6.26 Å². The molecule has 0 heterocycles. The Balaban J connectivity index is 4.34. The van der Waals surface area contributed by atoms with Gasteiger partial charge >= 0.3 is 0 Å². The molecule has 0 saturated heterocycles. The molecule has 0 aromatic carbocycles. The number of thioether (sulfide) groups is 1. The Morgan fingerprint density at radius 1 is 1.30 bits per heavy atom. The van der Waals surface area contributed by atoms with Crippen LogP contribution in [0.25, 0.3) is 0 Å². The van der Waals surface area contributed by atoms with Crippen molar-refractivity contribution >= 4 is 23.3 Å². The van der Waals surface area contributed by atoms with Gasteiger partial charge in [0.15, 0.2) is 11.6 Å². The van der Waals surface area contributed by atoms with Crippen molar-refractivity contribution < 1.29 is 9.59 Å². The molecule has 0 atom stereocenters. The molecule has 10 heavy (non-hydrogen) atoms. The topological polar surface area (TPSA) is 34.1 Å². The van der Waals surface area contributed by atoms with Crippen molar-refractivity contribution in [1.82, 2.24) is 0 Å². The van der Waals surface area contributed by atoms with E-state index in [9.17, 15) is 9.59 Å². The van der Waals surface area contributed by atoms with Gasteiger partial charge in [0.2, 0.25) is 0 Å². The lowest BCUT2D eigenvalue weighted by molar-refractivity contribution is -0.115.